The largest absolute Gasteiger partial charge is 0.361 e. The zero-order chi connectivity index (χ0) is 18.2. The molecular formula is C23H23N3O. The van der Waals surface area contributed by atoms with Gasteiger partial charge in [0, 0.05) is 47.3 Å². The number of hydrogen-bond donors (Lipinski definition) is 2. The minimum atomic E-state index is 0.223. The van der Waals surface area contributed by atoms with Gasteiger partial charge in [0.1, 0.15) is 0 Å². The molecule has 2 aromatic heterocycles. The molecule has 4 nitrogen and oxygen atoms in total. The van der Waals surface area contributed by atoms with Gasteiger partial charge in [0.15, 0.2) is 0 Å². The molecule has 1 fully saturated rings. The van der Waals surface area contributed by atoms with Gasteiger partial charge in [0.2, 0.25) is 5.91 Å². The van der Waals surface area contributed by atoms with Crippen molar-refractivity contribution in [1.82, 2.24) is 14.9 Å². The highest BCUT2D eigenvalue weighted by Gasteiger charge is 2.26. The first kappa shape index (κ1) is 16.2. The number of fused-ring (bicyclic) bond motifs is 2. The molecule has 1 saturated heterocycles. The lowest BCUT2D eigenvalue weighted by atomic mass is 9.94. The summed E-state index contributed by atoms with van der Waals surface area (Å²) in [7, 11) is 0. The van der Waals surface area contributed by atoms with Crippen LogP contribution < -0.4 is 0 Å². The van der Waals surface area contributed by atoms with E-state index in [4.69, 9.17) is 0 Å². The van der Waals surface area contributed by atoms with Crippen molar-refractivity contribution in [3.05, 3.63) is 72.1 Å². The van der Waals surface area contributed by atoms with E-state index >= 15 is 0 Å². The molecule has 0 saturated carbocycles. The van der Waals surface area contributed by atoms with Crippen LogP contribution in [0.3, 0.4) is 0 Å². The molecule has 136 valence electrons. The van der Waals surface area contributed by atoms with Crippen LogP contribution in [0, 0.1) is 0 Å². The quantitative estimate of drug-likeness (QED) is 0.553. The lowest BCUT2D eigenvalue weighted by Gasteiger charge is -2.32. The molecule has 1 unspecified atom stereocenters. The second-order valence-corrected chi connectivity index (χ2v) is 7.53. The fourth-order valence-electron chi connectivity index (χ4n) is 4.33. The molecular weight excluding hydrogens is 334 g/mol. The van der Waals surface area contributed by atoms with Gasteiger partial charge >= 0.3 is 0 Å². The number of nitrogens with one attached hydrogen (secondary N) is 2. The maximum Gasteiger partial charge on any atom is 0.227 e. The lowest BCUT2D eigenvalue weighted by Crippen LogP contribution is -2.40. The number of carbonyl (C=O) groups excluding carboxylic acids is 1. The van der Waals surface area contributed by atoms with Crippen molar-refractivity contribution < 1.29 is 4.79 Å². The molecule has 2 aromatic carbocycles. The van der Waals surface area contributed by atoms with Gasteiger partial charge in [-0.15, -0.1) is 0 Å². The Balaban J connectivity index is 1.33. The molecule has 1 amide bonds. The summed E-state index contributed by atoms with van der Waals surface area (Å²) in [5.74, 6) is 0.610. The van der Waals surface area contributed by atoms with Crippen LogP contribution in [-0.4, -0.2) is 33.9 Å². The number of benzene rings is 2. The summed E-state index contributed by atoms with van der Waals surface area (Å²) in [4.78, 5) is 21.8. The Morgan fingerprint density at radius 2 is 1.89 bits per heavy atom. The van der Waals surface area contributed by atoms with E-state index in [9.17, 15) is 4.79 Å². The third kappa shape index (κ3) is 3.01. The summed E-state index contributed by atoms with van der Waals surface area (Å²) in [5.41, 5.74) is 4.61. The Hall–Kier alpha value is -3.01. The number of H-pyrrole nitrogens is 2. The monoisotopic (exact) mass is 357 g/mol. The molecule has 5 rings (SSSR count). The van der Waals surface area contributed by atoms with Gasteiger partial charge in [-0.1, -0.05) is 36.4 Å². The highest BCUT2D eigenvalue weighted by atomic mass is 16.2. The number of likely N-dealkylation sites (tertiary alicyclic amines) is 1. The number of aromatic nitrogens is 2. The Bertz CT molecular complexity index is 1070. The first-order valence-corrected chi connectivity index (χ1v) is 9.68. The summed E-state index contributed by atoms with van der Waals surface area (Å²) in [6.07, 6.45) is 4.62. The van der Waals surface area contributed by atoms with Crippen LogP contribution in [0.2, 0.25) is 0 Å². The molecule has 4 heteroatoms. The van der Waals surface area contributed by atoms with Crippen molar-refractivity contribution in [1.29, 1.82) is 0 Å². The van der Waals surface area contributed by atoms with Crippen LogP contribution in [0.25, 0.3) is 21.8 Å². The predicted octanol–water partition coefficient (Wildman–Crippen LogP) is 4.60. The van der Waals surface area contributed by atoms with Gasteiger partial charge in [0.05, 0.1) is 6.42 Å². The van der Waals surface area contributed by atoms with Gasteiger partial charge in [-0.25, -0.2) is 0 Å². The number of hydrogen-bond acceptors (Lipinski definition) is 1. The average molecular weight is 357 g/mol. The smallest absolute Gasteiger partial charge is 0.227 e. The van der Waals surface area contributed by atoms with E-state index in [-0.39, 0.29) is 5.91 Å². The number of carbonyl (C=O) groups is 1. The van der Waals surface area contributed by atoms with Crippen molar-refractivity contribution >= 4 is 27.7 Å². The Morgan fingerprint density at radius 3 is 2.78 bits per heavy atom. The van der Waals surface area contributed by atoms with E-state index in [2.05, 4.69) is 52.4 Å². The minimum Gasteiger partial charge on any atom is -0.361 e. The van der Waals surface area contributed by atoms with E-state index in [0.717, 1.165) is 42.4 Å². The van der Waals surface area contributed by atoms with Gasteiger partial charge < -0.3 is 14.9 Å². The molecule has 0 radical (unpaired) electrons. The van der Waals surface area contributed by atoms with Crippen LogP contribution in [0.1, 0.15) is 30.0 Å². The molecule has 0 spiro atoms. The molecule has 2 N–H and O–H groups in total. The maximum atomic E-state index is 13.0. The molecule has 1 aliphatic heterocycles. The van der Waals surface area contributed by atoms with Crippen molar-refractivity contribution in [2.45, 2.75) is 25.2 Å². The third-order valence-electron chi connectivity index (χ3n) is 5.78. The molecule has 0 aliphatic carbocycles. The number of amides is 1. The highest BCUT2D eigenvalue weighted by molar-refractivity contribution is 5.89. The number of para-hydroxylation sites is 2. The molecule has 1 atom stereocenters. The fraction of sp³-hybridized carbons (Fsp3) is 0.261. The minimum absolute atomic E-state index is 0.223. The summed E-state index contributed by atoms with van der Waals surface area (Å²) in [5, 5.41) is 2.39. The SMILES string of the molecule is O=C(Cc1c[nH]c2ccccc12)N1CCCC(c2cc3ccccc3[nH]2)C1. The number of nitrogens with zero attached hydrogens (tertiary/aromatic N) is 1. The van der Waals surface area contributed by atoms with E-state index in [1.165, 1.54) is 16.6 Å². The zero-order valence-corrected chi connectivity index (χ0v) is 15.2. The van der Waals surface area contributed by atoms with Gasteiger partial charge in [0.25, 0.3) is 0 Å². The molecule has 4 aromatic rings. The summed E-state index contributed by atoms with van der Waals surface area (Å²) in [6.45, 7) is 1.66. The van der Waals surface area contributed by atoms with Crippen molar-refractivity contribution in [3.63, 3.8) is 0 Å². The lowest BCUT2D eigenvalue weighted by molar-refractivity contribution is -0.131. The van der Waals surface area contributed by atoms with Crippen molar-refractivity contribution in [3.8, 4) is 0 Å². The topological polar surface area (TPSA) is 51.9 Å². The van der Waals surface area contributed by atoms with Crippen LogP contribution in [0.5, 0.6) is 0 Å². The Labute approximate surface area is 158 Å². The van der Waals surface area contributed by atoms with Crippen LogP contribution >= 0.6 is 0 Å². The van der Waals surface area contributed by atoms with Crippen molar-refractivity contribution in [2.75, 3.05) is 13.1 Å². The van der Waals surface area contributed by atoms with E-state index < -0.39 is 0 Å². The van der Waals surface area contributed by atoms with Crippen LogP contribution in [0.15, 0.2) is 60.8 Å². The van der Waals surface area contributed by atoms with Crippen LogP contribution in [-0.2, 0) is 11.2 Å². The molecule has 0 bridgehead atoms. The average Bonchev–Trinajstić information content (AvgIpc) is 3.32. The molecule has 1 aliphatic rings. The van der Waals surface area contributed by atoms with E-state index in [1.807, 2.05) is 23.2 Å². The first-order valence-electron chi connectivity index (χ1n) is 9.68. The predicted molar refractivity (Wildman–Crippen MR) is 109 cm³/mol. The Morgan fingerprint density at radius 1 is 1.07 bits per heavy atom. The Kier molecular flexibility index (Phi) is 3.97. The van der Waals surface area contributed by atoms with Gasteiger partial charge in [-0.3, -0.25) is 4.79 Å². The first-order chi connectivity index (χ1) is 13.3. The van der Waals surface area contributed by atoms with Gasteiger partial charge in [-0.05, 0) is 42.0 Å². The highest BCUT2D eigenvalue weighted by Crippen LogP contribution is 2.29. The van der Waals surface area contributed by atoms with E-state index in [0.29, 0.717) is 12.3 Å². The third-order valence-corrected chi connectivity index (χ3v) is 5.78. The molecule has 3 heterocycles. The number of aromatic amines is 2. The fourth-order valence-corrected chi connectivity index (χ4v) is 4.33. The number of piperidine rings is 1. The van der Waals surface area contributed by atoms with E-state index in [1.54, 1.807) is 0 Å². The number of rotatable bonds is 3. The van der Waals surface area contributed by atoms with Crippen molar-refractivity contribution in [2.24, 2.45) is 0 Å². The zero-order valence-electron chi connectivity index (χ0n) is 15.2. The summed E-state index contributed by atoms with van der Waals surface area (Å²) in [6, 6.07) is 18.8. The summed E-state index contributed by atoms with van der Waals surface area (Å²) >= 11 is 0. The van der Waals surface area contributed by atoms with Gasteiger partial charge in [-0.2, -0.15) is 0 Å². The second kappa shape index (κ2) is 6.62. The molecule has 27 heavy (non-hydrogen) atoms. The second-order valence-electron chi connectivity index (χ2n) is 7.53. The summed E-state index contributed by atoms with van der Waals surface area (Å²) < 4.78 is 0. The maximum absolute atomic E-state index is 13.0. The van der Waals surface area contributed by atoms with Crippen LogP contribution in [0.4, 0.5) is 0 Å². The normalized spacial score (nSPS) is 17.6. The standard InChI is InChI=1S/C23H23N3O/c27-23(13-18-14-24-21-10-4-2-8-19(18)21)26-11-5-7-17(15-26)22-12-16-6-1-3-9-20(16)25-22/h1-4,6,8-10,12,14,17,24-25H,5,7,11,13,15H2.